The van der Waals surface area contributed by atoms with Crippen molar-refractivity contribution in [1.82, 2.24) is 5.32 Å². The molecule has 3 nitrogen and oxygen atoms in total. The van der Waals surface area contributed by atoms with E-state index in [1.807, 2.05) is 0 Å². The summed E-state index contributed by atoms with van der Waals surface area (Å²) in [6, 6.07) is 8.61. The maximum absolute atomic E-state index is 11.9. The summed E-state index contributed by atoms with van der Waals surface area (Å²) < 4.78 is 0. The third kappa shape index (κ3) is 0.957. The van der Waals surface area contributed by atoms with Gasteiger partial charge in [-0.3, -0.25) is 4.79 Å². The summed E-state index contributed by atoms with van der Waals surface area (Å²) in [6.07, 6.45) is 4.71. The lowest BCUT2D eigenvalue weighted by molar-refractivity contribution is -0.119. The van der Waals surface area contributed by atoms with Crippen LogP contribution in [0.15, 0.2) is 24.3 Å². The number of benzene rings is 1. The summed E-state index contributed by atoms with van der Waals surface area (Å²) in [7, 11) is 0. The second-order valence-corrected chi connectivity index (χ2v) is 6.05. The molecule has 1 spiro atoms. The first-order chi connectivity index (χ1) is 8.67. The predicted molar refractivity (Wildman–Crippen MR) is 70.5 cm³/mol. The van der Waals surface area contributed by atoms with Crippen LogP contribution in [0.25, 0.3) is 0 Å². The number of carbonyl (C=O) groups is 1. The van der Waals surface area contributed by atoms with Crippen LogP contribution in [0.5, 0.6) is 0 Å². The Morgan fingerprint density at radius 1 is 1.22 bits per heavy atom. The van der Waals surface area contributed by atoms with Gasteiger partial charge in [0.25, 0.3) is 0 Å². The minimum absolute atomic E-state index is 0.0774. The summed E-state index contributed by atoms with van der Waals surface area (Å²) in [5.74, 6) is 0.178. The molecule has 0 aromatic heterocycles. The number of para-hydroxylation sites is 1. The van der Waals surface area contributed by atoms with Crippen LogP contribution in [0.1, 0.15) is 38.2 Å². The Balaban J connectivity index is 1.99. The van der Waals surface area contributed by atoms with Crippen LogP contribution in [0.4, 0.5) is 5.69 Å². The van der Waals surface area contributed by atoms with Crippen molar-refractivity contribution in [1.29, 1.82) is 0 Å². The third-order valence-electron chi connectivity index (χ3n) is 5.28. The fourth-order valence-corrected chi connectivity index (χ4v) is 4.42. The van der Waals surface area contributed by atoms with Crippen LogP contribution in [0.3, 0.4) is 0 Å². The summed E-state index contributed by atoms with van der Waals surface area (Å²) in [5, 5.41) is 3.31. The molecule has 0 radical (unpaired) electrons. The first kappa shape index (κ1) is 10.4. The molecule has 94 valence electrons. The van der Waals surface area contributed by atoms with Crippen LogP contribution >= 0.6 is 0 Å². The number of anilines is 1. The van der Waals surface area contributed by atoms with Crippen molar-refractivity contribution < 1.29 is 4.79 Å². The molecule has 3 aliphatic rings. The van der Waals surface area contributed by atoms with Gasteiger partial charge in [0.15, 0.2) is 0 Å². The normalized spacial score (nSPS) is 36.9. The van der Waals surface area contributed by atoms with Gasteiger partial charge in [0.2, 0.25) is 5.91 Å². The van der Waals surface area contributed by atoms with Crippen LogP contribution in [0.2, 0.25) is 0 Å². The van der Waals surface area contributed by atoms with E-state index in [0.717, 1.165) is 6.42 Å². The third-order valence-corrected chi connectivity index (χ3v) is 5.28. The monoisotopic (exact) mass is 242 g/mol. The van der Waals surface area contributed by atoms with Gasteiger partial charge in [-0.1, -0.05) is 31.5 Å². The molecule has 1 unspecified atom stereocenters. The molecule has 2 atom stereocenters. The highest BCUT2D eigenvalue weighted by atomic mass is 16.2. The van der Waals surface area contributed by atoms with Gasteiger partial charge in [-0.2, -0.15) is 0 Å². The molecule has 18 heavy (non-hydrogen) atoms. The number of fused-ring (bicyclic) bond motifs is 3. The van der Waals surface area contributed by atoms with Crippen LogP contribution in [0, 0.1) is 0 Å². The van der Waals surface area contributed by atoms with Gasteiger partial charge >= 0.3 is 0 Å². The van der Waals surface area contributed by atoms with E-state index in [9.17, 15) is 4.79 Å². The largest absolute Gasteiger partial charge is 0.338 e. The lowest BCUT2D eigenvalue weighted by Gasteiger charge is -2.48. The number of rotatable bonds is 0. The predicted octanol–water partition coefficient (Wildman–Crippen LogP) is 2.16. The van der Waals surface area contributed by atoms with E-state index in [4.69, 9.17) is 0 Å². The van der Waals surface area contributed by atoms with Gasteiger partial charge in [0, 0.05) is 11.1 Å². The Bertz CT molecular complexity index is 541. The zero-order chi connectivity index (χ0) is 12.4. The maximum atomic E-state index is 11.9. The number of nitrogens with one attached hydrogen (secondary N) is 1. The average molecular weight is 242 g/mol. The fourth-order valence-electron chi connectivity index (χ4n) is 4.42. The van der Waals surface area contributed by atoms with E-state index in [0.29, 0.717) is 6.54 Å². The highest BCUT2D eigenvalue weighted by Crippen LogP contribution is 2.58. The van der Waals surface area contributed by atoms with Crippen molar-refractivity contribution in [2.45, 2.75) is 43.7 Å². The highest BCUT2D eigenvalue weighted by molar-refractivity contribution is 5.90. The first-order valence-electron chi connectivity index (χ1n) is 6.86. The molecular weight excluding hydrogens is 224 g/mol. The molecule has 2 heterocycles. The smallest absolute Gasteiger partial charge is 0.241 e. The number of hydrogen-bond acceptors (Lipinski definition) is 2. The number of hydrogen-bond donors (Lipinski definition) is 1. The molecule has 1 aliphatic carbocycles. The van der Waals surface area contributed by atoms with Crippen molar-refractivity contribution in [3.8, 4) is 0 Å². The van der Waals surface area contributed by atoms with Crippen LogP contribution in [-0.2, 0) is 10.2 Å². The molecule has 1 aromatic rings. The summed E-state index contributed by atoms with van der Waals surface area (Å²) in [4.78, 5) is 14.2. The molecule has 3 heteroatoms. The van der Waals surface area contributed by atoms with Crippen LogP contribution < -0.4 is 10.2 Å². The zero-order valence-corrected chi connectivity index (χ0v) is 10.7. The Morgan fingerprint density at radius 2 is 2.00 bits per heavy atom. The molecule has 1 N–H and O–H groups in total. The zero-order valence-electron chi connectivity index (χ0n) is 10.7. The number of amides is 1. The van der Waals surface area contributed by atoms with Crippen molar-refractivity contribution in [2.75, 3.05) is 11.4 Å². The second kappa shape index (κ2) is 3.08. The topological polar surface area (TPSA) is 32.3 Å². The van der Waals surface area contributed by atoms with Crippen molar-refractivity contribution in [3.05, 3.63) is 29.8 Å². The highest BCUT2D eigenvalue weighted by Gasteiger charge is 2.63. The van der Waals surface area contributed by atoms with E-state index in [1.54, 1.807) is 0 Å². The van der Waals surface area contributed by atoms with Crippen molar-refractivity contribution >= 4 is 11.6 Å². The SMILES string of the molecule is CC12CCCC[C@]13NC(=O)CN3c1ccccc12. The molecule has 1 saturated heterocycles. The lowest BCUT2D eigenvalue weighted by atomic mass is 9.65. The minimum atomic E-state index is -0.147. The molecule has 1 aromatic carbocycles. The van der Waals surface area contributed by atoms with Crippen LogP contribution in [-0.4, -0.2) is 18.1 Å². The molecule has 2 aliphatic heterocycles. The maximum Gasteiger partial charge on any atom is 0.241 e. The first-order valence-corrected chi connectivity index (χ1v) is 6.86. The van der Waals surface area contributed by atoms with E-state index in [-0.39, 0.29) is 17.0 Å². The van der Waals surface area contributed by atoms with Crippen molar-refractivity contribution in [3.63, 3.8) is 0 Å². The minimum Gasteiger partial charge on any atom is -0.338 e. The molecule has 1 amide bonds. The Labute approximate surface area is 107 Å². The van der Waals surface area contributed by atoms with Gasteiger partial charge in [-0.05, 0) is 30.9 Å². The Hall–Kier alpha value is -1.51. The molecule has 2 fully saturated rings. The lowest BCUT2D eigenvalue weighted by Crippen LogP contribution is -2.62. The van der Waals surface area contributed by atoms with Gasteiger partial charge in [0.1, 0.15) is 5.66 Å². The van der Waals surface area contributed by atoms with E-state index in [2.05, 4.69) is 41.4 Å². The van der Waals surface area contributed by atoms with E-state index >= 15 is 0 Å². The van der Waals surface area contributed by atoms with E-state index < -0.39 is 0 Å². The second-order valence-electron chi connectivity index (χ2n) is 6.05. The van der Waals surface area contributed by atoms with Gasteiger partial charge < -0.3 is 10.2 Å². The van der Waals surface area contributed by atoms with Gasteiger partial charge in [0.05, 0.1) is 6.54 Å². The summed E-state index contributed by atoms with van der Waals surface area (Å²) >= 11 is 0. The number of nitrogens with zero attached hydrogens (tertiary/aromatic N) is 1. The quantitative estimate of drug-likeness (QED) is 0.756. The molecular formula is C15H18N2O. The molecule has 4 rings (SSSR count). The summed E-state index contributed by atoms with van der Waals surface area (Å²) in [5.41, 5.74) is 2.62. The van der Waals surface area contributed by atoms with E-state index in [1.165, 1.54) is 30.5 Å². The fraction of sp³-hybridized carbons (Fsp3) is 0.533. The molecule has 1 saturated carbocycles. The summed E-state index contributed by atoms with van der Waals surface area (Å²) in [6.45, 7) is 2.85. The standard InChI is InChI=1S/C15H18N2O/c1-14-8-4-5-9-15(14)16-13(18)10-17(15)12-7-3-2-6-11(12)14/h2-3,6-7H,4-5,8-10H2,1H3,(H,16,18)/t14?,15-/m1/s1. The Kier molecular flexibility index (Phi) is 1.78. The number of carbonyl (C=O) groups excluding carboxylic acids is 1. The Morgan fingerprint density at radius 3 is 2.89 bits per heavy atom. The average Bonchev–Trinajstić information content (AvgIpc) is 2.80. The van der Waals surface area contributed by atoms with Crippen molar-refractivity contribution in [2.24, 2.45) is 0 Å². The van der Waals surface area contributed by atoms with Gasteiger partial charge in [-0.15, -0.1) is 0 Å². The van der Waals surface area contributed by atoms with Gasteiger partial charge in [-0.25, -0.2) is 0 Å². The molecule has 0 bridgehead atoms.